The first-order valence-electron chi connectivity index (χ1n) is 10.2. The van der Waals surface area contributed by atoms with Gasteiger partial charge in [0.15, 0.2) is 0 Å². The van der Waals surface area contributed by atoms with Crippen LogP contribution in [0.5, 0.6) is 0 Å². The molecule has 30 heavy (non-hydrogen) atoms. The second-order valence-electron chi connectivity index (χ2n) is 8.90. The van der Waals surface area contributed by atoms with E-state index in [4.69, 9.17) is 9.40 Å². The van der Waals surface area contributed by atoms with Gasteiger partial charge in [-0.2, -0.15) is 0 Å². The molecule has 2 nitrogen and oxygen atoms in total. The summed E-state index contributed by atoms with van der Waals surface area (Å²) < 4.78 is 9.22. The summed E-state index contributed by atoms with van der Waals surface area (Å²) in [6.07, 6.45) is 0. The summed E-state index contributed by atoms with van der Waals surface area (Å²) in [5.74, 6) is 7.27. The van der Waals surface area contributed by atoms with Crippen LogP contribution >= 0.6 is 11.3 Å². The number of benzene rings is 4. The number of hydrogen-bond donors (Lipinski definition) is 0. The monoisotopic (exact) mass is 469 g/mol. The quantitative estimate of drug-likeness (QED) is 0.245. The average molecular weight is 468 g/mol. The van der Waals surface area contributed by atoms with Crippen LogP contribution < -0.4 is 4.40 Å². The van der Waals surface area contributed by atoms with Crippen LogP contribution in [0.25, 0.3) is 53.5 Å². The van der Waals surface area contributed by atoms with Crippen molar-refractivity contribution in [1.82, 2.24) is 4.98 Å². The van der Waals surface area contributed by atoms with Gasteiger partial charge >= 0.3 is 182 Å². The molecule has 0 fully saturated rings. The molecule has 146 valence electrons. The molecule has 0 amide bonds. The third-order valence-corrected chi connectivity index (χ3v) is 11.2. The third kappa shape index (κ3) is 2.72. The van der Waals surface area contributed by atoms with E-state index in [9.17, 15) is 0 Å². The van der Waals surface area contributed by atoms with Crippen molar-refractivity contribution in [3.63, 3.8) is 0 Å². The van der Waals surface area contributed by atoms with Crippen LogP contribution in [-0.2, 0) is 0 Å². The molecule has 6 aromatic rings. The fourth-order valence-corrected chi connectivity index (χ4v) is 7.63. The van der Waals surface area contributed by atoms with E-state index >= 15 is 0 Å². The minimum atomic E-state index is -1.95. The number of furan rings is 1. The molecule has 2 heterocycles. The molecule has 0 saturated heterocycles. The molecule has 2 aromatic heterocycles. The van der Waals surface area contributed by atoms with Gasteiger partial charge in [0, 0.05) is 0 Å². The van der Waals surface area contributed by atoms with Gasteiger partial charge in [0.2, 0.25) is 0 Å². The molecule has 0 radical (unpaired) electrons. The Hall–Kier alpha value is -2.63. The SMILES string of the molecule is [CH3][Ge]([CH3])([CH3])[c]1ccc2c(c1)oc1c3ccccc3cc(-c3nc4ccccc4s3)c21. The Morgan fingerprint density at radius 2 is 1.63 bits per heavy atom. The topological polar surface area (TPSA) is 26.0 Å². The van der Waals surface area contributed by atoms with E-state index in [0.717, 1.165) is 32.6 Å². The van der Waals surface area contributed by atoms with Crippen LogP contribution in [-0.4, -0.2) is 18.3 Å². The van der Waals surface area contributed by atoms with E-state index in [-0.39, 0.29) is 0 Å². The van der Waals surface area contributed by atoms with E-state index in [1.165, 1.54) is 25.3 Å². The summed E-state index contributed by atoms with van der Waals surface area (Å²) in [6, 6.07) is 26.0. The number of nitrogens with zero attached hydrogens (tertiary/aromatic N) is 1. The van der Waals surface area contributed by atoms with Crippen molar-refractivity contribution in [3.05, 3.63) is 72.8 Å². The molecule has 6 rings (SSSR count). The zero-order valence-corrected chi connectivity index (χ0v) is 20.1. The van der Waals surface area contributed by atoms with Crippen molar-refractivity contribution in [2.45, 2.75) is 17.3 Å². The van der Waals surface area contributed by atoms with Gasteiger partial charge in [0.25, 0.3) is 0 Å². The molecule has 0 aliphatic carbocycles. The molecule has 0 spiro atoms. The molecule has 0 aliphatic heterocycles. The Kier molecular flexibility index (Phi) is 3.90. The summed E-state index contributed by atoms with van der Waals surface area (Å²) in [4.78, 5) is 4.97. The third-order valence-electron chi connectivity index (χ3n) is 5.85. The zero-order chi connectivity index (χ0) is 20.5. The Morgan fingerprint density at radius 1 is 0.833 bits per heavy atom. The number of hydrogen-bond acceptors (Lipinski definition) is 3. The summed E-state index contributed by atoms with van der Waals surface area (Å²) >= 11 is -0.198. The Balaban J connectivity index is 1.76. The molecule has 0 aliphatic rings. The van der Waals surface area contributed by atoms with Crippen LogP contribution in [0.4, 0.5) is 0 Å². The first-order chi connectivity index (χ1) is 14.5. The van der Waals surface area contributed by atoms with Crippen LogP contribution in [0.1, 0.15) is 0 Å². The first kappa shape index (κ1) is 18.2. The molecule has 0 N–H and O–H groups in total. The van der Waals surface area contributed by atoms with Crippen LogP contribution in [0.15, 0.2) is 77.2 Å². The van der Waals surface area contributed by atoms with Gasteiger partial charge in [0.05, 0.1) is 0 Å². The molecular weight excluding hydrogens is 447 g/mol. The maximum absolute atomic E-state index is 6.54. The van der Waals surface area contributed by atoms with Gasteiger partial charge in [-0.15, -0.1) is 0 Å². The van der Waals surface area contributed by atoms with Gasteiger partial charge in [0.1, 0.15) is 0 Å². The standard InChI is InChI=1S/C26H21GeNOS/c1-27(2,3)17-12-13-19-22(15-17)29-25-18-9-5-4-8-16(18)14-20(24(19)25)26-28-21-10-6-7-11-23(21)30-26/h4-15H,1-3H3. The van der Waals surface area contributed by atoms with Gasteiger partial charge < -0.3 is 0 Å². The molecule has 0 bridgehead atoms. The first-order valence-corrected chi connectivity index (χ1v) is 18.4. The average Bonchev–Trinajstić information content (AvgIpc) is 3.34. The zero-order valence-electron chi connectivity index (χ0n) is 17.2. The molecule has 0 unspecified atom stereocenters. The Bertz CT molecular complexity index is 1550. The fourth-order valence-electron chi connectivity index (χ4n) is 4.23. The number of para-hydroxylation sites is 1. The van der Waals surface area contributed by atoms with Crippen molar-refractivity contribution < 1.29 is 4.42 Å². The Morgan fingerprint density at radius 3 is 2.47 bits per heavy atom. The Labute approximate surface area is 181 Å². The molecule has 4 heteroatoms. The second-order valence-corrected chi connectivity index (χ2v) is 20.6. The number of rotatable bonds is 2. The maximum atomic E-state index is 6.54. The number of aromatic nitrogens is 1. The number of fused-ring (bicyclic) bond motifs is 6. The van der Waals surface area contributed by atoms with Gasteiger partial charge in [-0.1, -0.05) is 0 Å². The van der Waals surface area contributed by atoms with E-state index in [1.54, 1.807) is 11.3 Å². The van der Waals surface area contributed by atoms with Crippen molar-refractivity contribution in [3.8, 4) is 10.6 Å². The van der Waals surface area contributed by atoms with E-state index in [2.05, 4.69) is 84.0 Å². The predicted molar refractivity (Wildman–Crippen MR) is 133 cm³/mol. The fraction of sp³-hybridized carbons (Fsp3) is 0.115. The van der Waals surface area contributed by atoms with E-state index in [1.807, 2.05) is 6.07 Å². The molecular formula is C26H21GeNOS. The van der Waals surface area contributed by atoms with Gasteiger partial charge in [-0.25, -0.2) is 0 Å². The van der Waals surface area contributed by atoms with Crippen LogP contribution in [0, 0.1) is 0 Å². The second kappa shape index (κ2) is 6.43. The minimum absolute atomic E-state index is 0.968. The van der Waals surface area contributed by atoms with Gasteiger partial charge in [-0.05, 0) is 0 Å². The predicted octanol–water partition coefficient (Wildman–Crippen LogP) is 7.56. The summed E-state index contributed by atoms with van der Waals surface area (Å²) in [7, 11) is 0. The van der Waals surface area contributed by atoms with Gasteiger partial charge in [-0.3, -0.25) is 0 Å². The van der Waals surface area contributed by atoms with Crippen molar-refractivity contribution in [2.75, 3.05) is 0 Å². The summed E-state index contributed by atoms with van der Waals surface area (Å²) in [5, 5.41) is 5.75. The van der Waals surface area contributed by atoms with Crippen molar-refractivity contribution in [2.24, 2.45) is 0 Å². The van der Waals surface area contributed by atoms with E-state index in [0.29, 0.717) is 0 Å². The normalized spacial score (nSPS) is 12.5. The molecule has 4 aromatic carbocycles. The van der Waals surface area contributed by atoms with Crippen molar-refractivity contribution in [1.29, 1.82) is 0 Å². The van der Waals surface area contributed by atoms with Crippen LogP contribution in [0.3, 0.4) is 0 Å². The molecule has 0 atom stereocenters. The number of thiazole rings is 1. The summed E-state index contributed by atoms with van der Waals surface area (Å²) in [5.41, 5.74) is 4.17. The summed E-state index contributed by atoms with van der Waals surface area (Å²) in [6.45, 7) is 0. The van der Waals surface area contributed by atoms with E-state index < -0.39 is 13.3 Å². The van der Waals surface area contributed by atoms with Crippen molar-refractivity contribution >= 4 is 71.9 Å². The van der Waals surface area contributed by atoms with Crippen LogP contribution in [0.2, 0.25) is 17.3 Å². The molecule has 0 saturated carbocycles.